The molecule has 0 bridgehead atoms. The highest BCUT2D eigenvalue weighted by Gasteiger charge is 2.31. The second-order valence-corrected chi connectivity index (χ2v) is 7.04. The standard InChI is InChI=1S/C20H17N3O3/c1-22-10-13-4-2-3-5-15(13)17(11-22)16-8-14(23(24)25)9-18-19(16)26-20(21-18)12-6-7-12/h2-5,8-9,11-12H,6-7,10H2,1H3. The number of nitro benzene ring substituents is 1. The molecule has 26 heavy (non-hydrogen) atoms. The minimum absolute atomic E-state index is 0.0368. The van der Waals surface area contributed by atoms with Crippen molar-refractivity contribution in [1.82, 2.24) is 9.88 Å². The van der Waals surface area contributed by atoms with E-state index in [0.29, 0.717) is 22.9 Å². The Morgan fingerprint density at radius 2 is 2.04 bits per heavy atom. The number of fused-ring (bicyclic) bond motifs is 2. The maximum atomic E-state index is 11.5. The summed E-state index contributed by atoms with van der Waals surface area (Å²) in [5.74, 6) is 1.05. The average molecular weight is 347 g/mol. The summed E-state index contributed by atoms with van der Waals surface area (Å²) in [6.07, 6.45) is 4.16. The first-order chi connectivity index (χ1) is 12.6. The quantitative estimate of drug-likeness (QED) is 0.517. The molecule has 2 aromatic carbocycles. The van der Waals surface area contributed by atoms with E-state index < -0.39 is 0 Å². The molecule has 2 heterocycles. The fourth-order valence-electron chi connectivity index (χ4n) is 3.59. The predicted molar refractivity (Wildman–Crippen MR) is 97.6 cm³/mol. The molecule has 0 saturated heterocycles. The lowest BCUT2D eigenvalue weighted by atomic mass is 9.91. The van der Waals surface area contributed by atoms with E-state index in [1.54, 1.807) is 6.07 Å². The van der Waals surface area contributed by atoms with E-state index >= 15 is 0 Å². The number of benzene rings is 2. The lowest BCUT2D eigenvalue weighted by molar-refractivity contribution is -0.384. The van der Waals surface area contributed by atoms with Crippen LogP contribution in [0.4, 0.5) is 5.69 Å². The summed E-state index contributed by atoms with van der Waals surface area (Å²) in [7, 11) is 2.00. The van der Waals surface area contributed by atoms with Gasteiger partial charge in [0.15, 0.2) is 11.5 Å². The molecule has 0 spiro atoms. The summed E-state index contributed by atoms with van der Waals surface area (Å²) in [6, 6.07) is 11.3. The fourth-order valence-corrected chi connectivity index (χ4v) is 3.59. The van der Waals surface area contributed by atoms with Gasteiger partial charge in [0, 0.05) is 49.0 Å². The molecule has 0 amide bonds. The van der Waals surface area contributed by atoms with Crippen molar-refractivity contribution in [1.29, 1.82) is 0 Å². The first-order valence-corrected chi connectivity index (χ1v) is 8.70. The zero-order chi connectivity index (χ0) is 17.8. The minimum atomic E-state index is -0.368. The normalized spacial score (nSPS) is 16.5. The molecule has 1 aliphatic heterocycles. The summed E-state index contributed by atoms with van der Waals surface area (Å²) < 4.78 is 6.07. The lowest BCUT2D eigenvalue weighted by Crippen LogP contribution is -2.17. The Balaban J connectivity index is 1.78. The Hall–Kier alpha value is -3.15. The molecule has 6 nitrogen and oxygen atoms in total. The van der Waals surface area contributed by atoms with Crippen LogP contribution in [0, 0.1) is 10.1 Å². The Morgan fingerprint density at radius 3 is 2.81 bits per heavy atom. The second kappa shape index (κ2) is 5.42. The molecule has 0 N–H and O–H groups in total. The summed E-state index contributed by atoms with van der Waals surface area (Å²) in [4.78, 5) is 17.7. The Kier molecular flexibility index (Phi) is 3.16. The van der Waals surface area contributed by atoms with Crippen LogP contribution in [0.2, 0.25) is 0 Å². The Labute approximate surface area is 149 Å². The zero-order valence-electron chi connectivity index (χ0n) is 14.3. The molecule has 0 radical (unpaired) electrons. The minimum Gasteiger partial charge on any atom is -0.440 e. The van der Waals surface area contributed by atoms with Crippen LogP contribution < -0.4 is 0 Å². The largest absolute Gasteiger partial charge is 0.440 e. The molecule has 1 saturated carbocycles. The van der Waals surface area contributed by atoms with E-state index in [2.05, 4.69) is 22.0 Å². The van der Waals surface area contributed by atoms with E-state index in [1.165, 1.54) is 11.6 Å². The third-order valence-corrected chi connectivity index (χ3v) is 5.00. The Morgan fingerprint density at radius 1 is 1.23 bits per heavy atom. The van der Waals surface area contributed by atoms with Gasteiger partial charge >= 0.3 is 0 Å². The van der Waals surface area contributed by atoms with Crippen LogP contribution in [-0.4, -0.2) is 21.9 Å². The number of oxazole rings is 1. The molecule has 3 aromatic rings. The van der Waals surface area contributed by atoms with Crippen LogP contribution in [0.25, 0.3) is 16.7 Å². The van der Waals surface area contributed by atoms with Gasteiger partial charge in [-0.15, -0.1) is 0 Å². The van der Waals surface area contributed by atoms with E-state index in [-0.39, 0.29) is 10.6 Å². The van der Waals surface area contributed by atoms with E-state index in [9.17, 15) is 10.1 Å². The van der Waals surface area contributed by atoms with Gasteiger partial charge in [-0.05, 0) is 24.0 Å². The van der Waals surface area contributed by atoms with Gasteiger partial charge in [-0.3, -0.25) is 10.1 Å². The highest BCUT2D eigenvalue weighted by atomic mass is 16.6. The molecule has 1 fully saturated rings. The predicted octanol–water partition coefficient (Wildman–Crippen LogP) is 4.45. The monoisotopic (exact) mass is 347 g/mol. The van der Waals surface area contributed by atoms with Gasteiger partial charge in [0.1, 0.15) is 5.52 Å². The maximum absolute atomic E-state index is 11.5. The molecular formula is C20H17N3O3. The van der Waals surface area contributed by atoms with Gasteiger partial charge in [0.2, 0.25) is 0 Å². The first kappa shape index (κ1) is 15.1. The van der Waals surface area contributed by atoms with Crippen LogP contribution in [-0.2, 0) is 6.54 Å². The second-order valence-electron chi connectivity index (χ2n) is 7.04. The van der Waals surface area contributed by atoms with Gasteiger partial charge in [-0.1, -0.05) is 24.3 Å². The summed E-state index contributed by atoms with van der Waals surface area (Å²) >= 11 is 0. The molecule has 0 unspecified atom stereocenters. The first-order valence-electron chi connectivity index (χ1n) is 8.70. The van der Waals surface area contributed by atoms with Gasteiger partial charge in [0.25, 0.3) is 5.69 Å². The van der Waals surface area contributed by atoms with Crippen LogP contribution in [0.3, 0.4) is 0 Å². The number of non-ortho nitro benzene ring substituents is 1. The van der Waals surface area contributed by atoms with Crippen molar-refractivity contribution >= 4 is 22.4 Å². The molecule has 5 rings (SSSR count). The van der Waals surface area contributed by atoms with Crippen LogP contribution in [0.1, 0.15) is 41.3 Å². The molecule has 130 valence electrons. The SMILES string of the molecule is CN1C=C(c2cc([N+](=O)[O-])cc3nc(C4CC4)oc23)c2ccccc2C1. The van der Waals surface area contributed by atoms with Crippen molar-refractivity contribution in [3.63, 3.8) is 0 Å². The van der Waals surface area contributed by atoms with Crippen LogP contribution in [0.5, 0.6) is 0 Å². The smallest absolute Gasteiger partial charge is 0.272 e. The van der Waals surface area contributed by atoms with Crippen LogP contribution in [0.15, 0.2) is 47.0 Å². The van der Waals surface area contributed by atoms with Crippen molar-refractivity contribution < 1.29 is 9.34 Å². The number of nitro groups is 1. The van der Waals surface area contributed by atoms with E-state index in [0.717, 1.165) is 36.1 Å². The van der Waals surface area contributed by atoms with E-state index in [1.807, 2.05) is 25.4 Å². The third kappa shape index (κ3) is 2.37. The molecule has 0 atom stereocenters. The van der Waals surface area contributed by atoms with Gasteiger partial charge in [-0.2, -0.15) is 0 Å². The molecule has 1 aliphatic carbocycles. The molecule has 2 aliphatic rings. The van der Waals surface area contributed by atoms with Crippen molar-refractivity contribution in [3.8, 4) is 0 Å². The highest BCUT2D eigenvalue weighted by Crippen LogP contribution is 2.43. The topological polar surface area (TPSA) is 72.4 Å². The van der Waals surface area contributed by atoms with Gasteiger partial charge < -0.3 is 9.32 Å². The van der Waals surface area contributed by atoms with Crippen molar-refractivity contribution in [3.05, 3.63) is 75.3 Å². The number of nitrogens with zero attached hydrogens (tertiary/aromatic N) is 3. The van der Waals surface area contributed by atoms with Gasteiger partial charge in [0.05, 0.1) is 4.92 Å². The number of aromatic nitrogens is 1. The summed E-state index contributed by atoms with van der Waals surface area (Å²) in [5.41, 5.74) is 5.16. The number of rotatable bonds is 3. The number of hydrogen-bond acceptors (Lipinski definition) is 5. The molecule has 6 heteroatoms. The highest BCUT2D eigenvalue weighted by molar-refractivity contribution is 5.95. The zero-order valence-corrected chi connectivity index (χ0v) is 14.3. The summed E-state index contributed by atoms with van der Waals surface area (Å²) in [6.45, 7) is 0.807. The van der Waals surface area contributed by atoms with Crippen molar-refractivity contribution in [2.75, 3.05) is 7.05 Å². The van der Waals surface area contributed by atoms with Gasteiger partial charge in [-0.25, -0.2) is 4.98 Å². The lowest BCUT2D eigenvalue weighted by Gasteiger charge is -2.25. The summed E-state index contributed by atoms with van der Waals surface area (Å²) in [5, 5.41) is 11.5. The average Bonchev–Trinajstić information content (AvgIpc) is 3.39. The van der Waals surface area contributed by atoms with Crippen molar-refractivity contribution in [2.24, 2.45) is 0 Å². The fraction of sp³-hybridized carbons (Fsp3) is 0.250. The Bertz CT molecular complexity index is 1080. The third-order valence-electron chi connectivity index (χ3n) is 5.00. The maximum Gasteiger partial charge on any atom is 0.272 e. The number of hydrogen-bond donors (Lipinski definition) is 0. The molecular weight excluding hydrogens is 330 g/mol. The van der Waals surface area contributed by atoms with Crippen molar-refractivity contribution in [2.45, 2.75) is 25.3 Å². The van der Waals surface area contributed by atoms with E-state index in [4.69, 9.17) is 4.42 Å². The van der Waals surface area contributed by atoms with Crippen LogP contribution >= 0.6 is 0 Å². The molecule has 1 aromatic heterocycles.